The number of ether oxygens (including phenoxy) is 5. The standard InChI is InChI=1S/C15H31NO6/c1-3-4-6-18-8-9-19-10-11-20-12-13-22-14-21-7-5-15(17)16-2/h3-14H2,1-2H3,(H,16,17). The van der Waals surface area contributed by atoms with E-state index in [2.05, 4.69) is 12.2 Å². The van der Waals surface area contributed by atoms with Crippen LogP contribution in [0.4, 0.5) is 0 Å². The van der Waals surface area contributed by atoms with Crippen LogP contribution in [-0.4, -0.2) is 72.6 Å². The van der Waals surface area contributed by atoms with Crippen LogP contribution in [0.1, 0.15) is 26.2 Å². The van der Waals surface area contributed by atoms with Gasteiger partial charge in [0.15, 0.2) is 0 Å². The van der Waals surface area contributed by atoms with Crippen molar-refractivity contribution in [2.45, 2.75) is 26.2 Å². The van der Waals surface area contributed by atoms with Gasteiger partial charge in [-0.15, -0.1) is 0 Å². The molecule has 0 saturated carbocycles. The smallest absolute Gasteiger partial charge is 0.222 e. The van der Waals surface area contributed by atoms with Crippen molar-refractivity contribution in [3.05, 3.63) is 0 Å². The van der Waals surface area contributed by atoms with Gasteiger partial charge in [-0.1, -0.05) is 13.3 Å². The van der Waals surface area contributed by atoms with Gasteiger partial charge in [0.05, 0.1) is 52.7 Å². The molecule has 132 valence electrons. The van der Waals surface area contributed by atoms with E-state index in [0.29, 0.717) is 52.7 Å². The number of unbranched alkanes of at least 4 members (excludes halogenated alkanes) is 1. The summed E-state index contributed by atoms with van der Waals surface area (Å²) < 4.78 is 26.4. The molecule has 0 spiro atoms. The highest BCUT2D eigenvalue weighted by Gasteiger charge is 1.97. The molecule has 0 aromatic heterocycles. The number of hydrogen-bond acceptors (Lipinski definition) is 6. The van der Waals surface area contributed by atoms with Crippen LogP contribution >= 0.6 is 0 Å². The summed E-state index contributed by atoms with van der Waals surface area (Å²) in [6, 6.07) is 0. The molecule has 1 amide bonds. The van der Waals surface area contributed by atoms with Crippen molar-refractivity contribution in [1.29, 1.82) is 0 Å². The van der Waals surface area contributed by atoms with E-state index in [0.717, 1.165) is 19.4 Å². The van der Waals surface area contributed by atoms with E-state index in [4.69, 9.17) is 23.7 Å². The van der Waals surface area contributed by atoms with Crippen LogP contribution in [0.3, 0.4) is 0 Å². The molecule has 7 heteroatoms. The summed E-state index contributed by atoms with van der Waals surface area (Å²) in [5.41, 5.74) is 0. The Balaban J connectivity index is 2.98. The number of hydrogen-bond donors (Lipinski definition) is 1. The van der Waals surface area contributed by atoms with Crippen LogP contribution in [0.15, 0.2) is 0 Å². The summed E-state index contributed by atoms with van der Waals surface area (Å²) >= 11 is 0. The van der Waals surface area contributed by atoms with Crippen LogP contribution in [-0.2, 0) is 28.5 Å². The molecule has 22 heavy (non-hydrogen) atoms. The quantitative estimate of drug-likeness (QED) is 0.318. The number of amides is 1. The fraction of sp³-hybridized carbons (Fsp3) is 0.933. The van der Waals surface area contributed by atoms with Crippen LogP contribution in [0.25, 0.3) is 0 Å². The first-order valence-electron chi connectivity index (χ1n) is 7.90. The zero-order valence-corrected chi connectivity index (χ0v) is 13.9. The van der Waals surface area contributed by atoms with E-state index >= 15 is 0 Å². The van der Waals surface area contributed by atoms with Crippen LogP contribution in [0.2, 0.25) is 0 Å². The molecule has 0 radical (unpaired) electrons. The summed E-state index contributed by atoms with van der Waals surface area (Å²) in [7, 11) is 1.60. The van der Waals surface area contributed by atoms with E-state index < -0.39 is 0 Å². The third-order valence-corrected chi connectivity index (χ3v) is 2.68. The highest BCUT2D eigenvalue weighted by atomic mass is 16.7. The molecular weight excluding hydrogens is 290 g/mol. The minimum absolute atomic E-state index is 0.0425. The van der Waals surface area contributed by atoms with Crippen molar-refractivity contribution in [2.24, 2.45) is 0 Å². The SMILES string of the molecule is CCCCOCCOCCOCCOCOCCC(=O)NC. The van der Waals surface area contributed by atoms with Crippen molar-refractivity contribution in [3.63, 3.8) is 0 Å². The van der Waals surface area contributed by atoms with Crippen LogP contribution < -0.4 is 5.32 Å². The highest BCUT2D eigenvalue weighted by molar-refractivity contribution is 5.75. The van der Waals surface area contributed by atoms with Gasteiger partial charge in [-0.05, 0) is 6.42 Å². The maximum absolute atomic E-state index is 10.9. The lowest BCUT2D eigenvalue weighted by Crippen LogP contribution is -2.20. The van der Waals surface area contributed by atoms with E-state index in [1.165, 1.54) is 0 Å². The molecule has 0 aromatic carbocycles. The minimum atomic E-state index is -0.0425. The zero-order chi connectivity index (χ0) is 16.3. The van der Waals surface area contributed by atoms with Gasteiger partial charge < -0.3 is 29.0 Å². The fourth-order valence-electron chi connectivity index (χ4n) is 1.37. The average Bonchev–Trinajstić information content (AvgIpc) is 2.54. The molecule has 0 saturated heterocycles. The van der Waals surface area contributed by atoms with E-state index in [1.54, 1.807) is 7.05 Å². The lowest BCUT2D eigenvalue weighted by atomic mass is 10.4. The Kier molecular flexibility index (Phi) is 17.7. The molecule has 0 unspecified atom stereocenters. The average molecular weight is 321 g/mol. The van der Waals surface area contributed by atoms with Crippen LogP contribution in [0, 0.1) is 0 Å². The van der Waals surface area contributed by atoms with Crippen molar-refractivity contribution >= 4 is 5.91 Å². The molecule has 0 aromatic rings. The Morgan fingerprint density at radius 3 is 1.82 bits per heavy atom. The molecule has 0 bridgehead atoms. The van der Waals surface area contributed by atoms with Gasteiger partial charge in [0.25, 0.3) is 0 Å². The van der Waals surface area contributed by atoms with E-state index in [-0.39, 0.29) is 12.7 Å². The highest BCUT2D eigenvalue weighted by Crippen LogP contribution is 1.88. The van der Waals surface area contributed by atoms with Gasteiger partial charge in [-0.3, -0.25) is 4.79 Å². The van der Waals surface area contributed by atoms with E-state index in [9.17, 15) is 4.79 Å². The number of rotatable bonds is 17. The second kappa shape index (κ2) is 18.3. The summed E-state index contributed by atoms with van der Waals surface area (Å²) in [6.07, 6.45) is 2.59. The predicted octanol–water partition coefficient (Wildman–Crippen LogP) is 0.963. The third kappa shape index (κ3) is 17.3. The molecule has 0 heterocycles. The predicted molar refractivity (Wildman–Crippen MR) is 82.8 cm³/mol. The van der Waals surface area contributed by atoms with Gasteiger partial charge in [0.2, 0.25) is 5.91 Å². The Hall–Kier alpha value is -0.730. The summed E-state index contributed by atoms with van der Waals surface area (Å²) in [6.45, 7) is 6.75. The van der Waals surface area contributed by atoms with Gasteiger partial charge in [0.1, 0.15) is 6.79 Å². The molecular formula is C15H31NO6. The Morgan fingerprint density at radius 2 is 1.27 bits per heavy atom. The first kappa shape index (κ1) is 21.3. The molecule has 0 atom stereocenters. The lowest BCUT2D eigenvalue weighted by Gasteiger charge is -2.07. The van der Waals surface area contributed by atoms with Crippen molar-refractivity contribution in [1.82, 2.24) is 5.32 Å². The fourth-order valence-corrected chi connectivity index (χ4v) is 1.37. The monoisotopic (exact) mass is 321 g/mol. The molecule has 0 aliphatic carbocycles. The maximum atomic E-state index is 10.9. The molecule has 7 nitrogen and oxygen atoms in total. The first-order valence-corrected chi connectivity index (χ1v) is 7.90. The van der Waals surface area contributed by atoms with Gasteiger partial charge >= 0.3 is 0 Å². The zero-order valence-electron chi connectivity index (χ0n) is 13.9. The third-order valence-electron chi connectivity index (χ3n) is 2.68. The second-order valence-corrected chi connectivity index (χ2v) is 4.55. The van der Waals surface area contributed by atoms with E-state index in [1.807, 2.05) is 0 Å². The van der Waals surface area contributed by atoms with Gasteiger partial charge in [-0.2, -0.15) is 0 Å². The van der Waals surface area contributed by atoms with Crippen molar-refractivity contribution in [3.8, 4) is 0 Å². The summed E-state index contributed by atoms with van der Waals surface area (Å²) in [4.78, 5) is 10.9. The minimum Gasteiger partial charge on any atom is -0.379 e. The second-order valence-electron chi connectivity index (χ2n) is 4.55. The molecule has 0 fully saturated rings. The Bertz CT molecular complexity index is 240. The van der Waals surface area contributed by atoms with Crippen LogP contribution in [0.5, 0.6) is 0 Å². The number of carbonyl (C=O) groups is 1. The topological polar surface area (TPSA) is 75.2 Å². The Labute approximate surface area is 133 Å². The van der Waals surface area contributed by atoms with Crippen molar-refractivity contribution < 1.29 is 28.5 Å². The summed E-state index contributed by atoms with van der Waals surface area (Å²) in [5, 5.41) is 2.52. The Morgan fingerprint density at radius 1 is 0.773 bits per heavy atom. The molecule has 0 aliphatic rings. The van der Waals surface area contributed by atoms with Crippen molar-refractivity contribution in [2.75, 3.05) is 66.7 Å². The molecule has 1 N–H and O–H groups in total. The lowest BCUT2D eigenvalue weighted by molar-refractivity contribution is -0.123. The first-order chi connectivity index (χ1) is 10.8. The largest absolute Gasteiger partial charge is 0.379 e. The normalized spacial score (nSPS) is 10.8. The van der Waals surface area contributed by atoms with Gasteiger partial charge in [0, 0.05) is 13.7 Å². The molecule has 0 aliphatic heterocycles. The maximum Gasteiger partial charge on any atom is 0.222 e. The summed E-state index contributed by atoms with van der Waals surface area (Å²) in [5.74, 6) is -0.0425. The van der Waals surface area contributed by atoms with Gasteiger partial charge in [-0.25, -0.2) is 0 Å². The number of nitrogens with one attached hydrogen (secondary N) is 1. The molecule has 0 rings (SSSR count). The number of carbonyl (C=O) groups excluding carboxylic acids is 1.